The first-order chi connectivity index (χ1) is 14.4. The van der Waals surface area contributed by atoms with Crippen LogP contribution in [0.25, 0.3) is 5.69 Å². The minimum absolute atomic E-state index is 0.00311. The number of aromatic nitrogens is 2. The van der Waals surface area contributed by atoms with E-state index in [-0.39, 0.29) is 26.3 Å². The number of nitrogens with one attached hydrogen (secondary N) is 1. The fourth-order valence-corrected chi connectivity index (χ4v) is 3.93. The van der Waals surface area contributed by atoms with Crippen LogP contribution < -0.4 is 10.5 Å². The van der Waals surface area contributed by atoms with Gasteiger partial charge in [0.05, 0.1) is 28.9 Å². The number of alkyl halides is 3. The van der Waals surface area contributed by atoms with Crippen LogP contribution in [0.15, 0.2) is 53.7 Å². The second-order valence-electron chi connectivity index (χ2n) is 6.32. The van der Waals surface area contributed by atoms with Crippen molar-refractivity contribution in [3.8, 4) is 5.69 Å². The summed E-state index contributed by atoms with van der Waals surface area (Å²) in [6.45, 7) is 0. The Kier molecular flexibility index (Phi) is 6.33. The van der Waals surface area contributed by atoms with Gasteiger partial charge in [-0.1, -0.05) is 29.3 Å². The molecule has 0 radical (unpaired) electrons. The molecule has 0 aliphatic heterocycles. The van der Waals surface area contributed by atoms with Crippen LogP contribution >= 0.6 is 23.2 Å². The van der Waals surface area contributed by atoms with Gasteiger partial charge in [-0.25, -0.2) is 18.2 Å². The zero-order chi connectivity index (χ0) is 23.0. The van der Waals surface area contributed by atoms with Crippen LogP contribution in [-0.2, 0) is 27.4 Å². The summed E-state index contributed by atoms with van der Waals surface area (Å²) in [6, 6.07) is 6.91. The van der Waals surface area contributed by atoms with Crippen molar-refractivity contribution in [3.05, 3.63) is 70.0 Å². The Balaban J connectivity index is 1.91. The van der Waals surface area contributed by atoms with Crippen LogP contribution in [0.3, 0.4) is 0 Å². The lowest BCUT2D eigenvalue weighted by Gasteiger charge is -2.15. The van der Waals surface area contributed by atoms with Gasteiger partial charge in [-0.05, 0) is 35.9 Å². The maximum absolute atomic E-state index is 13.2. The zero-order valence-electron chi connectivity index (χ0n) is 15.3. The van der Waals surface area contributed by atoms with Gasteiger partial charge in [-0.2, -0.15) is 18.3 Å². The maximum atomic E-state index is 13.2. The lowest BCUT2D eigenvalue weighted by molar-refractivity contribution is -0.138. The highest BCUT2D eigenvalue weighted by atomic mass is 35.5. The Bertz CT molecular complexity index is 1260. The molecule has 0 unspecified atom stereocenters. The molecule has 0 aliphatic rings. The third kappa shape index (κ3) is 5.37. The summed E-state index contributed by atoms with van der Waals surface area (Å²) in [5.41, 5.74) is -1.37. The third-order valence-corrected chi connectivity index (χ3v) is 5.60. The molecule has 1 aromatic heterocycles. The number of halogens is 5. The van der Waals surface area contributed by atoms with E-state index >= 15 is 0 Å². The molecule has 0 bridgehead atoms. The number of anilines is 1. The molecule has 0 saturated carbocycles. The Hall–Kier alpha value is -2.60. The maximum Gasteiger partial charge on any atom is 0.416 e. The standard InChI is InChI=1S/C18H13Cl2F3N4O3S/c19-10-8-25-27(9-10)15-5-4-11(6-16(15)31(24,29)30)26-17(28)7-12-13(18(21,22)23)2-1-3-14(12)20/h1-6,8-9H,7H2,(H,26,28)(H2,24,29,30). The number of carbonyl (C=O) groups is 1. The van der Waals surface area contributed by atoms with Crippen LogP contribution in [0.2, 0.25) is 10.0 Å². The fraction of sp³-hybridized carbons (Fsp3) is 0.111. The molecule has 0 spiro atoms. The highest BCUT2D eigenvalue weighted by Gasteiger charge is 2.34. The van der Waals surface area contributed by atoms with E-state index in [1.165, 1.54) is 35.3 Å². The third-order valence-electron chi connectivity index (χ3n) is 4.11. The first-order valence-electron chi connectivity index (χ1n) is 8.38. The summed E-state index contributed by atoms with van der Waals surface area (Å²) in [4.78, 5) is 12.0. The zero-order valence-corrected chi connectivity index (χ0v) is 17.6. The van der Waals surface area contributed by atoms with E-state index in [2.05, 4.69) is 10.4 Å². The number of hydrogen-bond donors (Lipinski definition) is 2. The van der Waals surface area contributed by atoms with Gasteiger partial charge in [0.25, 0.3) is 0 Å². The molecular weight excluding hydrogens is 480 g/mol. The van der Waals surface area contributed by atoms with Crippen LogP contribution in [0.4, 0.5) is 18.9 Å². The second-order valence-corrected chi connectivity index (χ2v) is 8.69. The fourth-order valence-electron chi connectivity index (χ4n) is 2.81. The molecule has 3 rings (SSSR count). The first-order valence-corrected chi connectivity index (χ1v) is 10.7. The number of rotatable bonds is 5. The Morgan fingerprint density at radius 3 is 2.48 bits per heavy atom. The van der Waals surface area contributed by atoms with E-state index < -0.39 is 39.7 Å². The lowest BCUT2D eigenvalue weighted by atomic mass is 10.0. The Morgan fingerprint density at radius 2 is 1.90 bits per heavy atom. The summed E-state index contributed by atoms with van der Waals surface area (Å²) >= 11 is 11.7. The second kappa shape index (κ2) is 8.50. The van der Waals surface area contributed by atoms with Crippen LogP contribution in [0.5, 0.6) is 0 Å². The van der Waals surface area contributed by atoms with E-state index in [1.54, 1.807) is 0 Å². The number of nitrogens with two attached hydrogens (primary N) is 1. The van der Waals surface area contributed by atoms with E-state index in [9.17, 15) is 26.4 Å². The van der Waals surface area contributed by atoms with Gasteiger partial charge >= 0.3 is 6.18 Å². The predicted octanol–water partition coefficient (Wildman–Crippen LogP) is 4.03. The average molecular weight is 493 g/mol. The summed E-state index contributed by atoms with van der Waals surface area (Å²) in [6.07, 6.45) is -2.75. The molecular formula is C18H13Cl2F3N4O3S. The van der Waals surface area contributed by atoms with Crippen LogP contribution in [0.1, 0.15) is 11.1 Å². The summed E-state index contributed by atoms with van der Waals surface area (Å²) < 4.78 is 64.8. The highest BCUT2D eigenvalue weighted by molar-refractivity contribution is 7.89. The topological polar surface area (TPSA) is 107 Å². The molecule has 1 heterocycles. The highest BCUT2D eigenvalue weighted by Crippen LogP contribution is 2.35. The molecule has 2 aromatic carbocycles. The number of benzene rings is 2. The minimum atomic E-state index is -4.70. The van der Waals surface area contributed by atoms with Crippen LogP contribution in [0, 0.1) is 0 Å². The van der Waals surface area contributed by atoms with E-state index in [0.29, 0.717) is 0 Å². The molecule has 164 valence electrons. The van der Waals surface area contributed by atoms with E-state index in [0.717, 1.165) is 18.2 Å². The predicted molar refractivity (Wildman–Crippen MR) is 109 cm³/mol. The smallest absolute Gasteiger partial charge is 0.326 e. The molecule has 0 fully saturated rings. The molecule has 7 nitrogen and oxygen atoms in total. The molecule has 0 saturated heterocycles. The van der Waals surface area contributed by atoms with Crippen molar-refractivity contribution in [2.45, 2.75) is 17.5 Å². The van der Waals surface area contributed by atoms with E-state index in [4.69, 9.17) is 28.3 Å². The van der Waals surface area contributed by atoms with Crippen molar-refractivity contribution in [1.29, 1.82) is 0 Å². The number of nitrogens with zero attached hydrogens (tertiary/aromatic N) is 2. The molecule has 0 atom stereocenters. The molecule has 3 N–H and O–H groups in total. The van der Waals surface area contributed by atoms with Crippen molar-refractivity contribution in [3.63, 3.8) is 0 Å². The van der Waals surface area contributed by atoms with Gasteiger partial charge in [0.2, 0.25) is 15.9 Å². The van der Waals surface area contributed by atoms with E-state index in [1.807, 2.05) is 0 Å². The van der Waals surface area contributed by atoms with Gasteiger partial charge in [-0.3, -0.25) is 4.79 Å². The molecule has 31 heavy (non-hydrogen) atoms. The number of sulfonamides is 1. The van der Waals surface area contributed by atoms with Crippen molar-refractivity contribution in [2.75, 3.05) is 5.32 Å². The average Bonchev–Trinajstić information content (AvgIpc) is 3.08. The van der Waals surface area contributed by atoms with Gasteiger partial charge in [0.1, 0.15) is 4.90 Å². The summed E-state index contributed by atoms with van der Waals surface area (Å²) in [5, 5.41) is 11.5. The summed E-state index contributed by atoms with van der Waals surface area (Å²) in [7, 11) is -4.25. The van der Waals surface area contributed by atoms with Gasteiger partial charge in [0, 0.05) is 16.9 Å². The number of carbonyl (C=O) groups excluding carboxylic acids is 1. The quantitative estimate of drug-likeness (QED) is 0.560. The van der Waals surface area contributed by atoms with Crippen molar-refractivity contribution >= 4 is 44.8 Å². The molecule has 13 heteroatoms. The van der Waals surface area contributed by atoms with Gasteiger partial charge < -0.3 is 5.32 Å². The Morgan fingerprint density at radius 1 is 1.19 bits per heavy atom. The van der Waals surface area contributed by atoms with Crippen LogP contribution in [-0.4, -0.2) is 24.1 Å². The molecule has 3 aromatic rings. The molecule has 0 aliphatic carbocycles. The lowest BCUT2D eigenvalue weighted by Crippen LogP contribution is -2.20. The Labute approximate surface area is 184 Å². The normalized spacial score (nSPS) is 12.1. The van der Waals surface area contributed by atoms with Crippen molar-refractivity contribution in [2.24, 2.45) is 5.14 Å². The first kappa shape index (κ1) is 23.1. The SMILES string of the molecule is NS(=O)(=O)c1cc(NC(=O)Cc2c(Cl)cccc2C(F)(F)F)ccc1-n1cc(Cl)cn1. The molecule has 1 amide bonds. The summed E-state index contributed by atoms with van der Waals surface area (Å²) in [5.74, 6) is -0.839. The van der Waals surface area contributed by atoms with Gasteiger partial charge in [0.15, 0.2) is 0 Å². The van der Waals surface area contributed by atoms with Crippen molar-refractivity contribution in [1.82, 2.24) is 9.78 Å². The number of amides is 1. The monoisotopic (exact) mass is 492 g/mol. The number of primary sulfonamides is 1. The van der Waals surface area contributed by atoms with Gasteiger partial charge in [-0.15, -0.1) is 0 Å². The van der Waals surface area contributed by atoms with Crippen molar-refractivity contribution < 1.29 is 26.4 Å². The largest absolute Gasteiger partial charge is 0.416 e. The number of hydrogen-bond acceptors (Lipinski definition) is 4. The minimum Gasteiger partial charge on any atom is -0.326 e.